The lowest BCUT2D eigenvalue weighted by Crippen LogP contribution is -2.30. The summed E-state index contributed by atoms with van der Waals surface area (Å²) in [6.07, 6.45) is 4.39. The van der Waals surface area contributed by atoms with Gasteiger partial charge < -0.3 is 5.32 Å². The second-order valence-corrected chi connectivity index (χ2v) is 4.67. The molecule has 0 atom stereocenters. The molecule has 0 aliphatic carbocycles. The molecule has 0 amide bonds. The third-order valence-electron chi connectivity index (χ3n) is 2.97. The van der Waals surface area contributed by atoms with Gasteiger partial charge in [0.25, 0.3) is 0 Å². The smallest absolute Gasteiger partial charge is 0.153 e. The first-order chi connectivity index (χ1) is 7.25. The molecule has 1 aliphatic heterocycles. The lowest BCUT2D eigenvalue weighted by molar-refractivity contribution is 0.320. The van der Waals surface area contributed by atoms with Gasteiger partial charge in [0, 0.05) is 12.5 Å². The van der Waals surface area contributed by atoms with Crippen molar-refractivity contribution in [2.75, 3.05) is 13.1 Å². The minimum atomic E-state index is 0.430. The molecule has 0 saturated carbocycles. The molecule has 2 heterocycles. The van der Waals surface area contributed by atoms with E-state index in [0.717, 1.165) is 31.4 Å². The van der Waals surface area contributed by atoms with E-state index in [9.17, 15) is 0 Å². The maximum atomic E-state index is 4.49. The number of nitrogens with one attached hydrogen (secondary N) is 1. The Balaban J connectivity index is 1.91. The zero-order valence-electron chi connectivity index (χ0n) is 9.61. The standard InChI is InChI=1S/C11H20N4/c1-9(2)11-13-8-15(14-11)7-10-3-5-12-6-4-10/h8-10,12H,3-7H2,1-2H3. The molecule has 1 fully saturated rings. The fourth-order valence-corrected chi connectivity index (χ4v) is 1.99. The molecule has 0 radical (unpaired) electrons. The van der Waals surface area contributed by atoms with Crippen LogP contribution in [0.25, 0.3) is 0 Å². The lowest BCUT2D eigenvalue weighted by atomic mass is 9.98. The highest BCUT2D eigenvalue weighted by atomic mass is 15.3. The van der Waals surface area contributed by atoms with E-state index in [1.165, 1.54) is 12.8 Å². The maximum Gasteiger partial charge on any atom is 0.153 e. The Kier molecular flexibility index (Phi) is 3.36. The number of rotatable bonds is 3. The lowest BCUT2D eigenvalue weighted by Gasteiger charge is -2.22. The predicted molar refractivity (Wildman–Crippen MR) is 59.7 cm³/mol. The molecule has 0 bridgehead atoms. The summed E-state index contributed by atoms with van der Waals surface area (Å²) in [5.74, 6) is 2.16. The highest BCUT2D eigenvalue weighted by Gasteiger charge is 2.14. The topological polar surface area (TPSA) is 42.7 Å². The minimum absolute atomic E-state index is 0.430. The Morgan fingerprint density at radius 2 is 2.20 bits per heavy atom. The van der Waals surface area contributed by atoms with Gasteiger partial charge in [0.05, 0.1) is 0 Å². The monoisotopic (exact) mass is 208 g/mol. The second kappa shape index (κ2) is 4.75. The van der Waals surface area contributed by atoms with E-state index in [2.05, 4.69) is 29.2 Å². The third kappa shape index (κ3) is 2.78. The largest absolute Gasteiger partial charge is 0.317 e. The van der Waals surface area contributed by atoms with Gasteiger partial charge >= 0.3 is 0 Å². The molecular weight excluding hydrogens is 188 g/mol. The van der Waals surface area contributed by atoms with Crippen LogP contribution < -0.4 is 5.32 Å². The number of nitrogens with zero attached hydrogens (tertiary/aromatic N) is 3. The van der Waals surface area contributed by atoms with Gasteiger partial charge in [0.2, 0.25) is 0 Å². The van der Waals surface area contributed by atoms with Gasteiger partial charge in [-0.25, -0.2) is 4.98 Å². The van der Waals surface area contributed by atoms with Crippen molar-refractivity contribution in [2.24, 2.45) is 5.92 Å². The van der Waals surface area contributed by atoms with Crippen LogP contribution in [0.15, 0.2) is 6.33 Å². The van der Waals surface area contributed by atoms with Gasteiger partial charge in [-0.2, -0.15) is 5.10 Å². The average molecular weight is 208 g/mol. The van der Waals surface area contributed by atoms with Crippen LogP contribution in [-0.4, -0.2) is 27.9 Å². The summed E-state index contributed by atoms with van der Waals surface area (Å²) < 4.78 is 2.01. The summed E-state index contributed by atoms with van der Waals surface area (Å²) in [4.78, 5) is 4.32. The van der Waals surface area contributed by atoms with E-state index < -0.39 is 0 Å². The molecule has 15 heavy (non-hydrogen) atoms. The van der Waals surface area contributed by atoms with Crippen molar-refractivity contribution in [1.82, 2.24) is 20.1 Å². The molecule has 1 N–H and O–H groups in total. The number of aromatic nitrogens is 3. The van der Waals surface area contributed by atoms with Crippen LogP contribution in [0.1, 0.15) is 38.4 Å². The first-order valence-electron chi connectivity index (χ1n) is 5.86. The molecule has 1 saturated heterocycles. The van der Waals surface area contributed by atoms with Crippen LogP contribution in [0, 0.1) is 5.92 Å². The Labute approximate surface area is 91.1 Å². The highest BCUT2D eigenvalue weighted by molar-refractivity contribution is 4.88. The molecule has 1 aliphatic rings. The van der Waals surface area contributed by atoms with Gasteiger partial charge in [-0.15, -0.1) is 0 Å². The van der Waals surface area contributed by atoms with Crippen molar-refractivity contribution < 1.29 is 0 Å². The Bertz CT molecular complexity index is 299. The highest BCUT2D eigenvalue weighted by Crippen LogP contribution is 2.14. The molecule has 0 aromatic carbocycles. The molecule has 1 aromatic heterocycles. The number of piperidine rings is 1. The second-order valence-electron chi connectivity index (χ2n) is 4.67. The van der Waals surface area contributed by atoms with Crippen molar-refractivity contribution in [3.05, 3.63) is 12.2 Å². The van der Waals surface area contributed by atoms with Crippen molar-refractivity contribution in [3.8, 4) is 0 Å². The summed E-state index contributed by atoms with van der Waals surface area (Å²) in [6, 6.07) is 0. The van der Waals surface area contributed by atoms with Crippen molar-refractivity contribution in [2.45, 2.75) is 39.2 Å². The van der Waals surface area contributed by atoms with Crippen LogP contribution in [0.2, 0.25) is 0 Å². The normalized spacial score (nSPS) is 18.6. The van der Waals surface area contributed by atoms with Crippen LogP contribution in [0.4, 0.5) is 0 Å². The van der Waals surface area contributed by atoms with Crippen molar-refractivity contribution >= 4 is 0 Å². The Morgan fingerprint density at radius 3 is 2.80 bits per heavy atom. The van der Waals surface area contributed by atoms with Crippen LogP contribution in [0.3, 0.4) is 0 Å². The molecule has 0 spiro atoms. The molecule has 2 rings (SSSR count). The molecule has 0 unspecified atom stereocenters. The summed E-state index contributed by atoms with van der Waals surface area (Å²) in [6.45, 7) is 7.59. The molecule has 1 aromatic rings. The quantitative estimate of drug-likeness (QED) is 0.816. The van der Waals surface area contributed by atoms with E-state index in [4.69, 9.17) is 0 Å². The van der Waals surface area contributed by atoms with Crippen LogP contribution >= 0.6 is 0 Å². The van der Waals surface area contributed by atoms with E-state index in [-0.39, 0.29) is 0 Å². The Morgan fingerprint density at radius 1 is 1.47 bits per heavy atom. The van der Waals surface area contributed by atoms with E-state index in [1.807, 2.05) is 11.0 Å². The Hall–Kier alpha value is -0.900. The van der Waals surface area contributed by atoms with Gasteiger partial charge in [0.15, 0.2) is 5.82 Å². The maximum absolute atomic E-state index is 4.49. The van der Waals surface area contributed by atoms with Crippen LogP contribution in [0.5, 0.6) is 0 Å². The summed E-state index contributed by atoms with van der Waals surface area (Å²) in [7, 11) is 0. The third-order valence-corrected chi connectivity index (χ3v) is 2.97. The average Bonchev–Trinajstić information content (AvgIpc) is 2.68. The molecule has 4 heteroatoms. The zero-order chi connectivity index (χ0) is 10.7. The SMILES string of the molecule is CC(C)c1ncn(CC2CCNCC2)n1. The first-order valence-corrected chi connectivity index (χ1v) is 5.86. The fourth-order valence-electron chi connectivity index (χ4n) is 1.99. The predicted octanol–water partition coefficient (Wildman–Crippen LogP) is 1.40. The van der Waals surface area contributed by atoms with E-state index in [1.54, 1.807) is 0 Å². The molecular formula is C11H20N4. The van der Waals surface area contributed by atoms with Gasteiger partial charge in [0.1, 0.15) is 6.33 Å². The minimum Gasteiger partial charge on any atom is -0.317 e. The summed E-state index contributed by atoms with van der Waals surface area (Å²) in [5, 5.41) is 7.87. The van der Waals surface area contributed by atoms with E-state index >= 15 is 0 Å². The zero-order valence-corrected chi connectivity index (χ0v) is 9.61. The summed E-state index contributed by atoms with van der Waals surface area (Å²) >= 11 is 0. The van der Waals surface area contributed by atoms with Crippen LogP contribution in [-0.2, 0) is 6.54 Å². The summed E-state index contributed by atoms with van der Waals surface area (Å²) in [5.41, 5.74) is 0. The number of hydrogen-bond donors (Lipinski definition) is 1. The fraction of sp³-hybridized carbons (Fsp3) is 0.818. The van der Waals surface area contributed by atoms with Gasteiger partial charge in [-0.1, -0.05) is 13.8 Å². The van der Waals surface area contributed by atoms with Gasteiger partial charge in [-0.05, 0) is 31.8 Å². The van der Waals surface area contributed by atoms with Gasteiger partial charge in [-0.3, -0.25) is 4.68 Å². The van der Waals surface area contributed by atoms with E-state index in [0.29, 0.717) is 5.92 Å². The van der Waals surface area contributed by atoms with Crippen molar-refractivity contribution in [1.29, 1.82) is 0 Å². The molecule has 4 nitrogen and oxygen atoms in total. The first kappa shape index (κ1) is 10.6. The number of hydrogen-bond acceptors (Lipinski definition) is 3. The van der Waals surface area contributed by atoms with Crippen molar-refractivity contribution in [3.63, 3.8) is 0 Å². The molecule has 84 valence electrons.